The van der Waals surface area contributed by atoms with Gasteiger partial charge in [0, 0.05) is 27.8 Å². The summed E-state index contributed by atoms with van der Waals surface area (Å²) < 4.78 is 33.5. The lowest BCUT2D eigenvalue weighted by atomic mass is 10.1. The summed E-state index contributed by atoms with van der Waals surface area (Å²) in [4.78, 5) is 12.9. The molecule has 0 bridgehead atoms. The molecule has 34 heavy (non-hydrogen) atoms. The number of ketones is 1. The molecule has 0 amide bonds. The first-order valence-corrected chi connectivity index (χ1v) is 10.9. The van der Waals surface area contributed by atoms with E-state index in [2.05, 4.69) is 0 Å². The third kappa shape index (κ3) is 4.27. The average Bonchev–Trinajstić information content (AvgIpc) is 3.16. The minimum atomic E-state index is -0.219. The molecule has 2 aliphatic heterocycles. The number of hydrogen-bond acceptors (Lipinski definition) is 7. The molecule has 3 aromatic rings. The Hall–Kier alpha value is -3.68. The van der Waals surface area contributed by atoms with Gasteiger partial charge in [0.2, 0.25) is 5.78 Å². The zero-order chi connectivity index (χ0) is 23.7. The van der Waals surface area contributed by atoms with Gasteiger partial charge in [-0.25, -0.2) is 0 Å². The number of ether oxygens (including phenoxy) is 6. The summed E-state index contributed by atoms with van der Waals surface area (Å²) in [7, 11) is 3.14. The highest BCUT2D eigenvalue weighted by molar-refractivity contribution is 6.30. The molecule has 174 valence electrons. The van der Waals surface area contributed by atoms with Gasteiger partial charge in [-0.1, -0.05) is 11.6 Å². The van der Waals surface area contributed by atoms with Crippen molar-refractivity contribution in [2.24, 2.45) is 0 Å². The summed E-state index contributed by atoms with van der Waals surface area (Å²) in [6, 6.07) is 14.1. The smallest absolute Gasteiger partial charge is 0.231 e. The Balaban J connectivity index is 1.36. The zero-order valence-corrected chi connectivity index (χ0v) is 19.3. The summed E-state index contributed by atoms with van der Waals surface area (Å²) in [5.74, 6) is 2.91. The Labute approximate surface area is 201 Å². The lowest BCUT2D eigenvalue weighted by Gasteiger charge is -2.21. The molecule has 0 saturated heterocycles. The molecule has 2 aliphatic rings. The molecule has 0 aromatic heterocycles. The highest BCUT2D eigenvalue weighted by atomic mass is 35.5. The number of halogens is 1. The monoisotopic (exact) mass is 480 g/mol. The van der Waals surface area contributed by atoms with Crippen LogP contribution in [-0.2, 0) is 18.0 Å². The van der Waals surface area contributed by atoms with Crippen LogP contribution in [0.15, 0.2) is 54.3 Å². The van der Waals surface area contributed by atoms with Crippen LogP contribution in [0.5, 0.6) is 28.7 Å². The van der Waals surface area contributed by atoms with Crippen LogP contribution >= 0.6 is 11.6 Å². The molecule has 3 aromatic carbocycles. The zero-order valence-electron chi connectivity index (χ0n) is 18.6. The predicted octanol–water partition coefficient (Wildman–Crippen LogP) is 5.42. The van der Waals surface area contributed by atoms with Crippen LogP contribution in [0.1, 0.15) is 27.0 Å². The van der Waals surface area contributed by atoms with E-state index < -0.39 is 0 Å². The maximum absolute atomic E-state index is 12.9. The van der Waals surface area contributed by atoms with Crippen LogP contribution < -0.4 is 23.7 Å². The van der Waals surface area contributed by atoms with Gasteiger partial charge in [-0.3, -0.25) is 4.79 Å². The number of methoxy groups -OCH3 is 2. The van der Waals surface area contributed by atoms with Gasteiger partial charge in [0.1, 0.15) is 35.4 Å². The van der Waals surface area contributed by atoms with Crippen molar-refractivity contribution >= 4 is 23.5 Å². The van der Waals surface area contributed by atoms with E-state index in [1.807, 2.05) is 12.1 Å². The fraction of sp³-hybridized carbons (Fsp3) is 0.192. The normalized spacial score (nSPS) is 15.3. The molecule has 7 nitrogen and oxygen atoms in total. The van der Waals surface area contributed by atoms with Crippen molar-refractivity contribution in [2.75, 3.05) is 21.0 Å². The number of allylic oxidation sites excluding steroid dienone is 1. The van der Waals surface area contributed by atoms with Gasteiger partial charge in [-0.05, 0) is 48.5 Å². The largest absolute Gasteiger partial charge is 0.497 e. The standard InChI is InChI=1S/C26H21ClO7/c1-29-19-4-6-22(30-2)15(9-19)10-24-25(28)21-5-3-20(11-23(21)34-24)32-13-17-8-18(27)7-16-12-31-14-33-26(16)17/h3-11H,12-14H2,1-2H3/b24-10-. The fourth-order valence-corrected chi connectivity index (χ4v) is 4.14. The second-order valence-corrected chi connectivity index (χ2v) is 8.09. The Bertz CT molecular complexity index is 1300. The predicted molar refractivity (Wildman–Crippen MR) is 125 cm³/mol. The quantitative estimate of drug-likeness (QED) is 0.436. The Kier molecular flexibility index (Phi) is 6.04. The van der Waals surface area contributed by atoms with E-state index in [1.165, 1.54) is 0 Å². The van der Waals surface area contributed by atoms with Crippen LogP contribution in [-0.4, -0.2) is 26.8 Å². The second kappa shape index (κ2) is 9.29. The lowest BCUT2D eigenvalue weighted by molar-refractivity contribution is -0.0175. The maximum atomic E-state index is 12.9. The van der Waals surface area contributed by atoms with E-state index in [-0.39, 0.29) is 24.9 Å². The van der Waals surface area contributed by atoms with Crippen molar-refractivity contribution in [1.29, 1.82) is 0 Å². The van der Waals surface area contributed by atoms with Gasteiger partial charge in [0.15, 0.2) is 12.6 Å². The third-order valence-electron chi connectivity index (χ3n) is 5.51. The highest BCUT2D eigenvalue weighted by Gasteiger charge is 2.28. The molecular weight excluding hydrogens is 460 g/mol. The molecule has 0 unspecified atom stereocenters. The Morgan fingerprint density at radius 2 is 1.88 bits per heavy atom. The summed E-state index contributed by atoms with van der Waals surface area (Å²) in [5, 5.41) is 0.581. The van der Waals surface area contributed by atoms with Crippen molar-refractivity contribution in [3.63, 3.8) is 0 Å². The number of rotatable bonds is 6. The first kappa shape index (κ1) is 22.1. The molecule has 0 aliphatic carbocycles. The van der Waals surface area contributed by atoms with Gasteiger partial charge >= 0.3 is 0 Å². The lowest BCUT2D eigenvalue weighted by Crippen LogP contribution is -2.14. The van der Waals surface area contributed by atoms with E-state index in [4.69, 9.17) is 40.0 Å². The summed E-state index contributed by atoms with van der Waals surface area (Å²) in [6.07, 6.45) is 1.64. The Morgan fingerprint density at radius 1 is 1.03 bits per heavy atom. The second-order valence-electron chi connectivity index (χ2n) is 7.66. The molecular formula is C26H21ClO7. The van der Waals surface area contributed by atoms with E-state index in [0.29, 0.717) is 45.8 Å². The van der Waals surface area contributed by atoms with Crippen LogP contribution in [0.25, 0.3) is 6.08 Å². The van der Waals surface area contributed by atoms with E-state index >= 15 is 0 Å². The number of carbonyl (C=O) groups is 1. The van der Waals surface area contributed by atoms with Crippen molar-refractivity contribution in [3.05, 3.63) is 81.6 Å². The number of Topliss-reactive ketones (excluding diaryl/α,β-unsaturated/α-hetero) is 1. The number of carbonyl (C=O) groups excluding carboxylic acids is 1. The van der Waals surface area contributed by atoms with Crippen molar-refractivity contribution < 1.29 is 33.2 Å². The van der Waals surface area contributed by atoms with E-state index in [1.54, 1.807) is 56.7 Å². The maximum Gasteiger partial charge on any atom is 0.231 e. The van der Waals surface area contributed by atoms with Crippen molar-refractivity contribution in [2.45, 2.75) is 13.2 Å². The summed E-state index contributed by atoms with van der Waals surface area (Å²) >= 11 is 6.23. The summed E-state index contributed by atoms with van der Waals surface area (Å²) in [6.45, 7) is 0.855. The molecule has 0 atom stereocenters. The van der Waals surface area contributed by atoms with Crippen LogP contribution in [0.3, 0.4) is 0 Å². The molecule has 0 N–H and O–H groups in total. The third-order valence-corrected chi connectivity index (χ3v) is 5.73. The minimum Gasteiger partial charge on any atom is -0.497 e. The van der Waals surface area contributed by atoms with Crippen LogP contribution in [0.2, 0.25) is 5.02 Å². The number of benzene rings is 3. The van der Waals surface area contributed by atoms with Crippen molar-refractivity contribution in [1.82, 2.24) is 0 Å². The van der Waals surface area contributed by atoms with Crippen LogP contribution in [0.4, 0.5) is 0 Å². The average molecular weight is 481 g/mol. The summed E-state index contributed by atoms with van der Waals surface area (Å²) in [5.41, 5.74) is 2.82. The topological polar surface area (TPSA) is 72.5 Å². The number of fused-ring (bicyclic) bond motifs is 2. The van der Waals surface area contributed by atoms with Gasteiger partial charge in [-0.2, -0.15) is 0 Å². The molecule has 0 saturated carbocycles. The molecule has 0 spiro atoms. The highest BCUT2D eigenvalue weighted by Crippen LogP contribution is 2.37. The van der Waals surface area contributed by atoms with Crippen molar-refractivity contribution in [3.8, 4) is 28.7 Å². The van der Waals surface area contributed by atoms with Gasteiger partial charge in [0.05, 0.1) is 26.4 Å². The number of hydrogen-bond donors (Lipinski definition) is 0. The first-order valence-electron chi connectivity index (χ1n) is 10.5. The molecule has 5 rings (SSSR count). The molecule has 0 radical (unpaired) electrons. The first-order chi connectivity index (χ1) is 16.6. The van der Waals surface area contributed by atoms with Gasteiger partial charge in [-0.15, -0.1) is 0 Å². The minimum absolute atomic E-state index is 0.184. The van der Waals surface area contributed by atoms with Gasteiger partial charge < -0.3 is 28.4 Å². The molecule has 0 fully saturated rings. The molecule has 2 heterocycles. The molecule has 8 heteroatoms. The van der Waals surface area contributed by atoms with E-state index in [9.17, 15) is 4.79 Å². The fourth-order valence-electron chi connectivity index (χ4n) is 3.88. The van der Waals surface area contributed by atoms with E-state index in [0.717, 1.165) is 16.9 Å². The van der Waals surface area contributed by atoms with Crippen LogP contribution in [0, 0.1) is 0 Å². The SMILES string of the molecule is COc1ccc(OC)c(/C=C2\Oc3cc(OCc4cc(Cl)cc5c4OCOC5)ccc3C2=O)c1. The Morgan fingerprint density at radius 3 is 2.71 bits per heavy atom. The van der Waals surface area contributed by atoms with Gasteiger partial charge in [0.25, 0.3) is 0 Å².